The summed E-state index contributed by atoms with van der Waals surface area (Å²) in [5.74, 6) is -0.109. The van der Waals surface area contributed by atoms with Gasteiger partial charge < -0.3 is 0 Å². The largest absolute Gasteiger partial charge is 0.274 e. The summed E-state index contributed by atoms with van der Waals surface area (Å²) < 4.78 is 0. The Morgan fingerprint density at radius 3 is 2.20 bits per heavy atom. The molecule has 25 heavy (non-hydrogen) atoms. The topological polar surface area (TPSA) is 45.6 Å². The molecule has 4 heteroatoms. The highest BCUT2D eigenvalue weighted by molar-refractivity contribution is 6.05. The first-order valence-electron chi connectivity index (χ1n) is 8.24. The van der Waals surface area contributed by atoms with E-state index in [1.54, 1.807) is 29.5 Å². The average molecular weight is 327 g/mol. The molecule has 1 aliphatic rings. The zero-order chi connectivity index (χ0) is 17.1. The normalized spacial score (nSPS) is 16.6. The van der Waals surface area contributed by atoms with E-state index in [1.807, 2.05) is 60.7 Å². The van der Waals surface area contributed by atoms with Crippen LogP contribution in [0.3, 0.4) is 0 Å². The smallest absolute Gasteiger partial charge is 0.267 e. The van der Waals surface area contributed by atoms with E-state index in [1.165, 1.54) is 0 Å². The predicted molar refractivity (Wildman–Crippen MR) is 97.2 cm³/mol. The number of hydrogen-bond acceptors (Lipinski definition) is 3. The molecule has 122 valence electrons. The summed E-state index contributed by atoms with van der Waals surface area (Å²) >= 11 is 0. The Balaban J connectivity index is 1.73. The van der Waals surface area contributed by atoms with Gasteiger partial charge in [-0.15, -0.1) is 0 Å². The molecule has 0 spiro atoms. The van der Waals surface area contributed by atoms with Gasteiger partial charge in [0.2, 0.25) is 0 Å². The number of aromatic nitrogens is 1. The van der Waals surface area contributed by atoms with E-state index < -0.39 is 0 Å². The predicted octanol–water partition coefficient (Wildman–Crippen LogP) is 4.07. The van der Waals surface area contributed by atoms with Crippen LogP contribution in [-0.4, -0.2) is 21.6 Å². The summed E-state index contributed by atoms with van der Waals surface area (Å²) in [6.45, 7) is 0. The number of hydrazone groups is 1. The number of amides is 1. The quantitative estimate of drug-likeness (QED) is 0.728. The van der Waals surface area contributed by atoms with Crippen LogP contribution in [0.4, 0.5) is 0 Å². The van der Waals surface area contributed by atoms with Crippen molar-refractivity contribution in [3.63, 3.8) is 0 Å². The molecule has 3 aromatic rings. The van der Waals surface area contributed by atoms with Crippen LogP contribution in [0.1, 0.15) is 33.9 Å². The number of benzene rings is 2. The first kappa shape index (κ1) is 15.3. The van der Waals surface area contributed by atoms with E-state index in [-0.39, 0.29) is 11.9 Å². The van der Waals surface area contributed by atoms with Crippen LogP contribution in [0, 0.1) is 0 Å². The van der Waals surface area contributed by atoms with Gasteiger partial charge in [0.25, 0.3) is 5.91 Å². The molecule has 2 aromatic carbocycles. The van der Waals surface area contributed by atoms with Crippen LogP contribution in [0.25, 0.3) is 0 Å². The van der Waals surface area contributed by atoms with Gasteiger partial charge in [0, 0.05) is 24.4 Å². The SMILES string of the molecule is O=C(c1ccncc1)N1N=C(c2ccccc2)C[C@@H]1c1ccccc1. The molecule has 1 aliphatic heterocycles. The molecule has 0 radical (unpaired) electrons. The minimum atomic E-state index is -0.109. The Labute approximate surface area is 146 Å². The summed E-state index contributed by atoms with van der Waals surface area (Å²) in [5.41, 5.74) is 3.65. The second kappa shape index (κ2) is 6.69. The zero-order valence-corrected chi connectivity index (χ0v) is 13.6. The minimum absolute atomic E-state index is 0.0999. The van der Waals surface area contributed by atoms with Crippen molar-refractivity contribution >= 4 is 11.6 Å². The molecular weight excluding hydrogens is 310 g/mol. The molecule has 0 bridgehead atoms. The lowest BCUT2D eigenvalue weighted by atomic mass is 9.98. The van der Waals surface area contributed by atoms with E-state index in [0.29, 0.717) is 12.0 Å². The summed E-state index contributed by atoms with van der Waals surface area (Å²) in [6.07, 6.45) is 3.95. The van der Waals surface area contributed by atoms with E-state index in [9.17, 15) is 4.79 Å². The highest BCUT2D eigenvalue weighted by Gasteiger charge is 2.33. The van der Waals surface area contributed by atoms with Crippen LogP contribution >= 0.6 is 0 Å². The molecule has 0 saturated carbocycles. The fourth-order valence-electron chi connectivity index (χ4n) is 3.06. The number of pyridine rings is 1. The van der Waals surface area contributed by atoms with Crippen molar-refractivity contribution in [2.45, 2.75) is 12.5 Å². The van der Waals surface area contributed by atoms with Gasteiger partial charge in [-0.1, -0.05) is 60.7 Å². The Morgan fingerprint density at radius 1 is 0.880 bits per heavy atom. The highest BCUT2D eigenvalue weighted by Crippen LogP contribution is 2.33. The third kappa shape index (κ3) is 3.06. The number of carbonyl (C=O) groups excluding carboxylic acids is 1. The van der Waals surface area contributed by atoms with Gasteiger partial charge in [0.15, 0.2) is 0 Å². The molecule has 1 atom stereocenters. The maximum Gasteiger partial charge on any atom is 0.274 e. The third-order valence-electron chi connectivity index (χ3n) is 4.34. The van der Waals surface area contributed by atoms with Gasteiger partial charge in [0.1, 0.15) is 0 Å². The van der Waals surface area contributed by atoms with Gasteiger partial charge in [0.05, 0.1) is 11.8 Å². The Kier molecular flexibility index (Phi) is 4.09. The molecule has 0 saturated heterocycles. The zero-order valence-electron chi connectivity index (χ0n) is 13.6. The van der Waals surface area contributed by atoms with Gasteiger partial charge in [-0.3, -0.25) is 9.78 Å². The molecule has 0 N–H and O–H groups in total. The van der Waals surface area contributed by atoms with Crippen molar-refractivity contribution < 1.29 is 4.79 Å². The summed E-state index contributed by atoms with van der Waals surface area (Å²) in [4.78, 5) is 17.0. The molecule has 4 nitrogen and oxygen atoms in total. The first-order valence-corrected chi connectivity index (χ1v) is 8.24. The average Bonchev–Trinajstić information content (AvgIpc) is 3.15. The van der Waals surface area contributed by atoms with Crippen molar-refractivity contribution in [2.75, 3.05) is 0 Å². The Hall–Kier alpha value is -3.27. The first-order chi connectivity index (χ1) is 12.3. The molecule has 1 aromatic heterocycles. The fraction of sp³-hybridized carbons (Fsp3) is 0.0952. The lowest BCUT2D eigenvalue weighted by Gasteiger charge is -2.22. The molecular formula is C21H17N3O. The number of nitrogens with zero attached hydrogens (tertiary/aromatic N) is 3. The minimum Gasteiger partial charge on any atom is -0.267 e. The van der Waals surface area contributed by atoms with Crippen LogP contribution in [-0.2, 0) is 0 Å². The van der Waals surface area contributed by atoms with Crippen molar-refractivity contribution in [1.29, 1.82) is 0 Å². The Bertz CT molecular complexity index is 892. The molecule has 1 amide bonds. The van der Waals surface area contributed by atoms with Crippen LogP contribution in [0.15, 0.2) is 90.3 Å². The van der Waals surface area contributed by atoms with Crippen molar-refractivity contribution in [3.8, 4) is 0 Å². The second-order valence-corrected chi connectivity index (χ2v) is 5.93. The lowest BCUT2D eigenvalue weighted by Crippen LogP contribution is -2.27. The van der Waals surface area contributed by atoms with E-state index in [0.717, 1.165) is 16.8 Å². The Morgan fingerprint density at radius 2 is 1.52 bits per heavy atom. The summed E-state index contributed by atoms with van der Waals surface area (Å²) in [5, 5.41) is 6.28. The van der Waals surface area contributed by atoms with Gasteiger partial charge in [-0.25, -0.2) is 5.01 Å². The third-order valence-corrected chi connectivity index (χ3v) is 4.34. The van der Waals surface area contributed by atoms with Crippen molar-refractivity contribution in [2.24, 2.45) is 5.10 Å². The number of carbonyl (C=O) groups is 1. The van der Waals surface area contributed by atoms with Crippen LogP contribution < -0.4 is 0 Å². The number of rotatable bonds is 3. The fourth-order valence-corrected chi connectivity index (χ4v) is 3.06. The molecule has 0 unspecified atom stereocenters. The summed E-state index contributed by atoms with van der Waals surface area (Å²) in [6, 6.07) is 23.4. The van der Waals surface area contributed by atoms with E-state index >= 15 is 0 Å². The van der Waals surface area contributed by atoms with Gasteiger partial charge in [-0.05, 0) is 23.3 Å². The van der Waals surface area contributed by atoms with E-state index in [2.05, 4.69) is 10.1 Å². The van der Waals surface area contributed by atoms with Crippen molar-refractivity contribution in [1.82, 2.24) is 9.99 Å². The van der Waals surface area contributed by atoms with Crippen LogP contribution in [0.2, 0.25) is 0 Å². The van der Waals surface area contributed by atoms with Gasteiger partial charge >= 0.3 is 0 Å². The standard InChI is InChI=1S/C21H17N3O/c25-21(18-11-13-22-14-12-18)24-20(17-9-5-2-6-10-17)15-19(23-24)16-7-3-1-4-8-16/h1-14,20H,15H2/t20-/m1/s1. The maximum absolute atomic E-state index is 13.0. The second-order valence-electron chi connectivity index (χ2n) is 5.93. The lowest BCUT2D eigenvalue weighted by molar-refractivity contribution is 0.0711. The summed E-state index contributed by atoms with van der Waals surface area (Å²) in [7, 11) is 0. The van der Waals surface area contributed by atoms with Crippen molar-refractivity contribution in [3.05, 3.63) is 102 Å². The molecule has 4 rings (SSSR count). The van der Waals surface area contributed by atoms with Crippen LogP contribution in [0.5, 0.6) is 0 Å². The number of hydrogen-bond donors (Lipinski definition) is 0. The molecule has 2 heterocycles. The molecule has 0 fully saturated rings. The highest BCUT2D eigenvalue weighted by atomic mass is 16.2. The molecule has 0 aliphatic carbocycles. The van der Waals surface area contributed by atoms with Gasteiger partial charge in [-0.2, -0.15) is 5.10 Å². The maximum atomic E-state index is 13.0. The van der Waals surface area contributed by atoms with E-state index in [4.69, 9.17) is 0 Å². The monoisotopic (exact) mass is 327 g/mol.